The van der Waals surface area contributed by atoms with E-state index in [1.807, 2.05) is 0 Å². The van der Waals surface area contributed by atoms with Gasteiger partial charge in [-0.1, -0.05) is 30.4 Å². The summed E-state index contributed by atoms with van der Waals surface area (Å²) in [6.07, 6.45) is -5.49. The minimum Gasteiger partial charge on any atom is -0.480 e. The van der Waals surface area contributed by atoms with Gasteiger partial charge < -0.3 is 35.5 Å². The first-order valence-electron chi connectivity index (χ1n) is 9.80. The predicted molar refractivity (Wildman–Crippen MR) is 118 cm³/mol. The molecule has 1 aromatic carbocycles. The Labute approximate surface area is 203 Å². The van der Waals surface area contributed by atoms with Crippen molar-refractivity contribution in [2.24, 2.45) is 5.73 Å². The first kappa shape index (κ1) is 31.7. The van der Waals surface area contributed by atoms with Gasteiger partial charge in [0.05, 0.1) is 36.2 Å². The SMILES string of the molecule is C[C@H](N)C(=S)N[C@@H](CC(=O)OCCOCCOC(=O)c1ccccc1)C(=O)O.O=C(O)C(F)(F)F. The lowest BCUT2D eigenvalue weighted by Crippen LogP contribution is -2.47. The van der Waals surface area contributed by atoms with Crippen LogP contribution in [0.2, 0.25) is 0 Å². The molecule has 0 saturated carbocycles. The van der Waals surface area contributed by atoms with Gasteiger partial charge in [-0.25, -0.2) is 14.4 Å². The van der Waals surface area contributed by atoms with Crippen molar-refractivity contribution in [3.05, 3.63) is 35.9 Å². The fourth-order valence-corrected chi connectivity index (χ4v) is 2.04. The number of halogens is 3. The molecule has 15 heteroatoms. The number of nitrogens with two attached hydrogens (primary N) is 1. The van der Waals surface area contributed by atoms with Crippen LogP contribution in [0.15, 0.2) is 30.3 Å². The molecule has 0 fully saturated rings. The summed E-state index contributed by atoms with van der Waals surface area (Å²) >= 11 is 4.92. The molecule has 0 aliphatic rings. The summed E-state index contributed by atoms with van der Waals surface area (Å²) in [5.74, 6) is -5.16. The number of carboxylic acids is 2. The molecule has 1 rings (SSSR count). The lowest BCUT2D eigenvalue weighted by Gasteiger charge is -2.17. The van der Waals surface area contributed by atoms with Crippen LogP contribution in [-0.2, 0) is 28.6 Å². The van der Waals surface area contributed by atoms with E-state index in [0.717, 1.165) is 0 Å². The van der Waals surface area contributed by atoms with E-state index in [2.05, 4.69) is 5.32 Å². The van der Waals surface area contributed by atoms with Gasteiger partial charge in [-0.15, -0.1) is 0 Å². The van der Waals surface area contributed by atoms with E-state index in [4.69, 9.17) is 47.2 Å². The Bertz CT molecular complexity index is 852. The fourth-order valence-electron chi connectivity index (χ4n) is 1.90. The minimum absolute atomic E-state index is 0.0569. The molecule has 1 aromatic rings. The zero-order valence-corrected chi connectivity index (χ0v) is 19.3. The van der Waals surface area contributed by atoms with E-state index >= 15 is 0 Å². The van der Waals surface area contributed by atoms with Crippen molar-refractivity contribution in [3.63, 3.8) is 0 Å². The maximum absolute atomic E-state index is 11.7. The van der Waals surface area contributed by atoms with Gasteiger partial charge in [0, 0.05) is 0 Å². The van der Waals surface area contributed by atoms with Crippen LogP contribution in [0.3, 0.4) is 0 Å². The van der Waals surface area contributed by atoms with Crippen LogP contribution >= 0.6 is 12.2 Å². The van der Waals surface area contributed by atoms with Gasteiger partial charge in [0.2, 0.25) is 0 Å². The second kappa shape index (κ2) is 16.3. The number of carboxylic acid groups (broad SMARTS) is 2. The highest BCUT2D eigenvalue weighted by Crippen LogP contribution is 2.13. The molecule has 0 amide bonds. The number of rotatable bonds is 12. The van der Waals surface area contributed by atoms with Crippen molar-refractivity contribution in [1.29, 1.82) is 0 Å². The van der Waals surface area contributed by atoms with E-state index in [-0.39, 0.29) is 31.4 Å². The summed E-state index contributed by atoms with van der Waals surface area (Å²) in [5, 5.41) is 18.8. The van der Waals surface area contributed by atoms with Gasteiger partial charge in [-0.3, -0.25) is 4.79 Å². The smallest absolute Gasteiger partial charge is 0.480 e. The monoisotopic (exact) mass is 526 g/mol. The van der Waals surface area contributed by atoms with Crippen LogP contribution in [-0.4, -0.2) is 83.8 Å². The van der Waals surface area contributed by atoms with Crippen molar-refractivity contribution in [1.82, 2.24) is 5.32 Å². The molecule has 0 heterocycles. The van der Waals surface area contributed by atoms with Crippen LogP contribution in [0.5, 0.6) is 0 Å². The number of esters is 2. The van der Waals surface area contributed by atoms with Crippen LogP contribution < -0.4 is 11.1 Å². The molecule has 11 nitrogen and oxygen atoms in total. The number of nitrogens with one attached hydrogen (secondary N) is 1. The summed E-state index contributed by atoms with van der Waals surface area (Å²) in [6, 6.07) is 6.79. The van der Waals surface area contributed by atoms with Crippen molar-refractivity contribution in [2.75, 3.05) is 26.4 Å². The summed E-state index contributed by atoms with van der Waals surface area (Å²) in [5.41, 5.74) is 5.99. The number of ether oxygens (including phenoxy) is 3. The maximum Gasteiger partial charge on any atom is 0.490 e. The van der Waals surface area contributed by atoms with E-state index in [0.29, 0.717) is 5.56 Å². The Morgan fingerprint density at radius 1 is 1.03 bits per heavy atom. The third-order valence-electron chi connectivity index (χ3n) is 3.60. The van der Waals surface area contributed by atoms with Gasteiger partial charge in [0.15, 0.2) is 0 Å². The number of carbonyl (C=O) groups is 4. The van der Waals surface area contributed by atoms with Crippen LogP contribution in [0.1, 0.15) is 23.7 Å². The fraction of sp³-hybridized carbons (Fsp3) is 0.450. The summed E-state index contributed by atoms with van der Waals surface area (Å²) in [7, 11) is 0. The van der Waals surface area contributed by atoms with Crippen LogP contribution in [0.4, 0.5) is 13.2 Å². The quantitative estimate of drug-likeness (QED) is 0.174. The Morgan fingerprint density at radius 2 is 1.54 bits per heavy atom. The molecule has 0 aliphatic carbocycles. The van der Waals surface area contributed by atoms with Crippen molar-refractivity contribution in [2.45, 2.75) is 31.6 Å². The van der Waals surface area contributed by atoms with E-state index in [9.17, 15) is 27.6 Å². The molecule has 5 N–H and O–H groups in total. The lowest BCUT2D eigenvalue weighted by atomic mass is 10.2. The van der Waals surface area contributed by atoms with Gasteiger partial charge in [0.1, 0.15) is 19.3 Å². The molecule has 35 heavy (non-hydrogen) atoms. The molecular formula is C20H25F3N2O9S. The van der Waals surface area contributed by atoms with Gasteiger partial charge in [-0.2, -0.15) is 13.2 Å². The topological polar surface area (TPSA) is 174 Å². The van der Waals surface area contributed by atoms with Gasteiger partial charge in [0.25, 0.3) is 0 Å². The Morgan fingerprint density at radius 3 is 2.00 bits per heavy atom. The molecule has 0 spiro atoms. The highest BCUT2D eigenvalue weighted by Gasteiger charge is 2.38. The standard InChI is InChI=1S/C18H24N2O7S.C2HF3O2/c1-12(19)16(28)20-14(17(22)23)11-15(21)26-9-7-25-8-10-27-18(24)13-5-3-2-4-6-13;3-2(4,5)1(6)7/h2-6,12,14H,7-11,19H2,1H3,(H,20,28)(H,22,23);(H,6,7)/t12-,14-;/m0./s1. The molecule has 0 saturated heterocycles. The zero-order chi connectivity index (χ0) is 27.0. The summed E-state index contributed by atoms with van der Waals surface area (Å²) in [6.45, 7) is 1.81. The number of benzene rings is 1. The first-order chi connectivity index (χ1) is 16.3. The summed E-state index contributed by atoms with van der Waals surface area (Å²) < 4.78 is 46.9. The second-order valence-electron chi connectivity index (χ2n) is 6.53. The highest BCUT2D eigenvalue weighted by molar-refractivity contribution is 7.80. The average Bonchev–Trinajstić information content (AvgIpc) is 2.77. The number of thiocarbonyl (C=S) groups is 1. The number of carbonyl (C=O) groups excluding carboxylic acids is 2. The third kappa shape index (κ3) is 15.3. The van der Waals surface area contributed by atoms with Crippen LogP contribution in [0.25, 0.3) is 0 Å². The highest BCUT2D eigenvalue weighted by atomic mass is 32.1. The average molecular weight is 526 g/mol. The molecular weight excluding hydrogens is 501 g/mol. The molecule has 196 valence electrons. The summed E-state index contributed by atoms with van der Waals surface area (Å²) in [4.78, 5) is 43.6. The number of hydrogen-bond acceptors (Lipinski definition) is 9. The number of aliphatic carboxylic acids is 2. The van der Waals surface area contributed by atoms with E-state index in [1.165, 1.54) is 0 Å². The normalized spacial score (nSPS) is 12.3. The third-order valence-corrected chi connectivity index (χ3v) is 4.09. The Kier molecular flexibility index (Phi) is 14.8. The number of hydrogen-bond donors (Lipinski definition) is 4. The Hall–Kier alpha value is -3.30. The minimum atomic E-state index is -5.08. The first-order valence-corrected chi connectivity index (χ1v) is 10.2. The molecule has 2 atom stereocenters. The van der Waals surface area contributed by atoms with Crippen molar-refractivity contribution < 1.29 is 56.8 Å². The molecule has 0 bridgehead atoms. The lowest BCUT2D eigenvalue weighted by molar-refractivity contribution is -0.192. The number of alkyl halides is 3. The van der Waals surface area contributed by atoms with Crippen molar-refractivity contribution in [3.8, 4) is 0 Å². The van der Waals surface area contributed by atoms with Crippen LogP contribution in [0, 0.1) is 0 Å². The second-order valence-corrected chi connectivity index (χ2v) is 6.97. The molecule has 0 aliphatic heterocycles. The zero-order valence-electron chi connectivity index (χ0n) is 18.4. The van der Waals surface area contributed by atoms with E-state index in [1.54, 1.807) is 37.3 Å². The molecule has 0 unspecified atom stereocenters. The molecule has 0 radical (unpaired) electrons. The van der Waals surface area contributed by atoms with Crippen molar-refractivity contribution >= 4 is 41.1 Å². The largest absolute Gasteiger partial charge is 0.490 e. The maximum atomic E-state index is 11.7. The van der Waals surface area contributed by atoms with E-state index < -0.39 is 48.6 Å². The predicted octanol–water partition coefficient (Wildman–Crippen LogP) is 1.14. The molecule has 0 aromatic heterocycles. The Balaban J connectivity index is 0.00000143. The van der Waals surface area contributed by atoms with Gasteiger partial charge in [-0.05, 0) is 19.1 Å². The van der Waals surface area contributed by atoms with Gasteiger partial charge >= 0.3 is 30.1 Å².